The Morgan fingerprint density at radius 2 is 1.66 bits per heavy atom. The van der Waals surface area contributed by atoms with E-state index in [1.807, 2.05) is 30.3 Å². The Morgan fingerprint density at radius 1 is 1.03 bits per heavy atom. The van der Waals surface area contributed by atoms with E-state index in [4.69, 9.17) is 0 Å². The number of alkyl halides is 3. The van der Waals surface area contributed by atoms with Gasteiger partial charge in [0, 0.05) is 19.0 Å². The minimum atomic E-state index is -4.80. The van der Waals surface area contributed by atoms with Crippen LogP contribution in [0.15, 0.2) is 65.1 Å². The second-order valence-electron chi connectivity index (χ2n) is 6.95. The van der Waals surface area contributed by atoms with Crippen LogP contribution in [0, 0.1) is 5.92 Å². The van der Waals surface area contributed by atoms with Gasteiger partial charge in [0.1, 0.15) is 0 Å². The molecule has 1 aliphatic heterocycles. The number of ketones is 1. The molecule has 2 aromatic carbocycles. The molecule has 0 unspecified atom stereocenters. The molecule has 1 heterocycles. The predicted octanol–water partition coefficient (Wildman–Crippen LogP) is 4.39. The van der Waals surface area contributed by atoms with E-state index in [1.54, 1.807) is 13.0 Å². The molecule has 0 spiro atoms. The third-order valence-corrected chi connectivity index (χ3v) is 6.75. The summed E-state index contributed by atoms with van der Waals surface area (Å²) in [7, 11) is -4.42. The monoisotopic (exact) mass is 423 g/mol. The minimum absolute atomic E-state index is 0.0662. The summed E-state index contributed by atoms with van der Waals surface area (Å²) in [6.45, 7) is 1.35. The highest BCUT2D eigenvalue weighted by atomic mass is 32.2. The van der Waals surface area contributed by atoms with E-state index in [9.17, 15) is 26.4 Å². The fourth-order valence-electron chi connectivity index (χ4n) is 3.34. The molecule has 1 saturated heterocycles. The Morgan fingerprint density at radius 3 is 2.31 bits per heavy atom. The summed E-state index contributed by atoms with van der Waals surface area (Å²) in [5, 5.41) is 0. The van der Waals surface area contributed by atoms with Gasteiger partial charge < -0.3 is 0 Å². The number of hydrogen-bond acceptors (Lipinski definition) is 3. The minimum Gasteiger partial charge on any atom is -0.294 e. The number of carbonyl (C=O) groups is 1. The zero-order valence-corrected chi connectivity index (χ0v) is 16.5. The number of sulfonamides is 1. The van der Waals surface area contributed by atoms with Crippen LogP contribution in [0.4, 0.5) is 13.2 Å². The highest BCUT2D eigenvalue weighted by molar-refractivity contribution is 7.89. The predicted molar refractivity (Wildman–Crippen MR) is 103 cm³/mol. The van der Waals surface area contributed by atoms with E-state index in [0.29, 0.717) is 5.57 Å². The second kappa shape index (κ2) is 8.12. The Balaban J connectivity index is 1.95. The van der Waals surface area contributed by atoms with Crippen LogP contribution in [0.1, 0.15) is 24.5 Å². The van der Waals surface area contributed by atoms with E-state index in [2.05, 4.69) is 0 Å². The molecule has 3 rings (SSSR count). The number of hydrogen-bond donors (Lipinski definition) is 0. The smallest absolute Gasteiger partial charge is 0.294 e. The Labute approximate surface area is 167 Å². The van der Waals surface area contributed by atoms with Crippen LogP contribution < -0.4 is 0 Å². The van der Waals surface area contributed by atoms with Gasteiger partial charge in [-0.25, -0.2) is 8.42 Å². The van der Waals surface area contributed by atoms with E-state index in [0.717, 1.165) is 28.1 Å². The van der Waals surface area contributed by atoms with Gasteiger partial charge in [0.25, 0.3) is 0 Å². The first-order chi connectivity index (χ1) is 13.6. The maximum Gasteiger partial charge on any atom is 0.417 e. The Hall–Kier alpha value is -2.45. The quantitative estimate of drug-likeness (QED) is 0.688. The van der Waals surface area contributed by atoms with Crippen LogP contribution in [0.3, 0.4) is 0 Å². The molecule has 0 saturated carbocycles. The maximum atomic E-state index is 13.3. The van der Waals surface area contributed by atoms with Crippen LogP contribution in [-0.4, -0.2) is 31.6 Å². The molecule has 8 heteroatoms. The van der Waals surface area contributed by atoms with E-state index in [1.165, 1.54) is 6.07 Å². The van der Waals surface area contributed by atoms with Crippen LogP contribution in [-0.2, 0) is 21.0 Å². The van der Waals surface area contributed by atoms with E-state index >= 15 is 0 Å². The molecular formula is C21H20F3NO3S. The maximum absolute atomic E-state index is 13.3. The lowest BCUT2D eigenvalue weighted by molar-refractivity contribution is -0.140. The van der Waals surface area contributed by atoms with Gasteiger partial charge in [-0.05, 0) is 35.8 Å². The number of Topliss-reactive ketones (excluding diaryl/α,β-unsaturated/α-hetero) is 1. The standard InChI is InChI=1S/C21H20F3NO3S/c1-15-14-25(12-11-17(20(15)26)13-16-7-3-2-4-8-16)29(27,28)19-10-6-5-9-18(19)21(22,23)24/h2-10,13,15H,11-12,14H2,1H3/b17-13+/t15-/m1/s1. The van der Waals surface area contributed by atoms with Crippen molar-refractivity contribution < 1.29 is 26.4 Å². The van der Waals surface area contributed by atoms with E-state index in [-0.39, 0.29) is 25.3 Å². The third-order valence-electron chi connectivity index (χ3n) is 4.82. The fraction of sp³-hybridized carbons (Fsp3) is 0.286. The Kier molecular flexibility index (Phi) is 5.95. The molecule has 1 atom stereocenters. The topological polar surface area (TPSA) is 54.5 Å². The summed E-state index contributed by atoms with van der Waals surface area (Å²) in [4.78, 5) is 11.9. The number of nitrogens with zero attached hydrogens (tertiary/aromatic N) is 1. The van der Waals surface area contributed by atoms with Crippen molar-refractivity contribution in [3.63, 3.8) is 0 Å². The van der Waals surface area contributed by atoms with Crippen LogP contribution in [0.5, 0.6) is 0 Å². The molecule has 2 aromatic rings. The van der Waals surface area contributed by atoms with Gasteiger partial charge in [-0.3, -0.25) is 4.79 Å². The van der Waals surface area contributed by atoms with E-state index < -0.39 is 32.6 Å². The van der Waals surface area contributed by atoms with Gasteiger partial charge in [-0.1, -0.05) is 49.4 Å². The largest absolute Gasteiger partial charge is 0.417 e. The molecular weight excluding hydrogens is 403 g/mol. The normalized spacial score (nSPS) is 20.6. The second-order valence-corrected chi connectivity index (χ2v) is 8.86. The molecule has 0 aliphatic carbocycles. The van der Waals surface area contributed by atoms with Gasteiger partial charge in [0.15, 0.2) is 5.78 Å². The average Bonchev–Trinajstić information content (AvgIpc) is 2.82. The first kappa shape index (κ1) is 21.3. The van der Waals surface area contributed by atoms with Crippen molar-refractivity contribution in [2.75, 3.05) is 13.1 Å². The molecule has 0 aromatic heterocycles. The number of carbonyl (C=O) groups excluding carboxylic acids is 1. The molecule has 1 fully saturated rings. The van der Waals surface area contributed by atoms with Gasteiger partial charge in [-0.2, -0.15) is 17.5 Å². The molecule has 1 aliphatic rings. The summed E-state index contributed by atoms with van der Waals surface area (Å²) in [6, 6.07) is 13.2. The van der Waals surface area contributed by atoms with Crippen LogP contribution >= 0.6 is 0 Å². The summed E-state index contributed by atoms with van der Waals surface area (Å²) in [6.07, 6.45) is -2.96. The average molecular weight is 423 g/mol. The molecule has 4 nitrogen and oxygen atoms in total. The van der Waals surface area contributed by atoms with Crippen LogP contribution in [0.2, 0.25) is 0 Å². The fourth-order valence-corrected chi connectivity index (χ4v) is 5.08. The summed E-state index contributed by atoms with van der Waals surface area (Å²) in [5.74, 6) is -0.865. The lowest BCUT2D eigenvalue weighted by Gasteiger charge is -2.23. The van der Waals surface area contributed by atoms with Crippen molar-refractivity contribution in [1.82, 2.24) is 4.31 Å². The first-order valence-electron chi connectivity index (χ1n) is 9.07. The molecule has 0 N–H and O–H groups in total. The lowest BCUT2D eigenvalue weighted by atomic mass is 9.97. The Bertz CT molecular complexity index is 1030. The zero-order valence-electron chi connectivity index (χ0n) is 15.7. The van der Waals surface area contributed by atoms with Crippen molar-refractivity contribution in [2.45, 2.75) is 24.4 Å². The summed E-state index contributed by atoms with van der Waals surface area (Å²) >= 11 is 0. The highest BCUT2D eigenvalue weighted by Gasteiger charge is 2.40. The molecule has 0 amide bonds. The lowest BCUT2D eigenvalue weighted by Crippen LogP contribution is -2.36. The first-order valence-corrected chi connectivity index (χ1v) is 10.5. The zero-order chi connectivity index (χ0) is 21.2. The van der Waals surface area contributed by atoms with Crippen molar-refractivity contribution in [2.24, 2.45) is 5.92 Å². The molecule has 0 bridgehead atoms. The molecule has 29 heavy (non-hydrogen) atoms. The van der Waals surface area contributed by atoms with Gasteiger partial charge in [-0.15, -0.1) is 0 Å². The number of rotatable bonds is 3. The van der Waals surface area contributed by atoms with Gasteiger partial charge in [0.05, 0.1) is 10.5 Å². The molecule has 154 valence electrons. The number of benzene rings is 2. The molecule has 0 radical (unpaired) electrons. The van der Waals surface area contributed by atoms with Crippen molar-refractivity contribution in [1.29, 1.82) is 0 Å². The van der Waals surface area contributed by atoms with Crippen LogP contribution in [0.25, 0.3) is 6.08 Å². The van der Waals surface area contributed by atoms with Crippen molar-refractivity contribution in [3.05, 3.63) is 71.3 Å². The van der Waals surface area contributed by atoms with Crippen molar-refractivity contribution in [3.8, 4) is 0 Å². The van der Waals surface area contributed by atoms with Gasteiger partial charge >= 0.3 is 6.18 Å². The summed E-state index contributed by atoms with van der Waals surface area (Å²) in [5.41, 5.74) is 0.0653. The third kappa shape index (κ3) is 4.59. The SMILES string of the molecule is C[C@@H]1CN(S(=O)(=O)c2ccccc2C(F)(F)F)CC/C(=C\c2ccccc2)C1=O. The number of halogens is 3. The highest BCUT2D eigenvalue weighted by Crippen LogP contribution is 2.36. The van der Waals surface area contributed by atoms with Gasteiger partial charge in [0.2, 0.25) is 10.0 Å². The summed E-state index contributed by atoms with van der Waals surface area (Å²) < 4.78 is 67.0. The van der Waals surface area contributed by atoms with Crippen molar-refractivity contribution >= 4 is 21.9 Å².